The lowest BCUT2D eigenvalue weighted by atomic mass is 10.1. The molecule has 2 heterocycles. The summed E-state index contributed by atoms with van der Waals surface area (Å²) in [6.07, 6.45) is 3.83. The minimum atomic E-state index is -0.487. The molecule has 0 atom stereocenters. The Hall–Kier alpha value is -4.00. The maximum atomic E-state index is 12.9. The monoisotopic (exact) mass is 386 g/mol. The molecule has 1 amide bonds. The Bertz CT molecular complexity index is 1260. The first-order chi connectivity index (χ1) is 14.0. The predicted molar refractivity (Wildman–Crippen MR) is 111 cm³/mol. The molecule has 0 aliphatic heterocycles. The van der Waals surface area contributed by atoms with Gasteiger partial charge in [-0.15, -0.1) is 0 Å². The van der Waals surface area contributed by atoms with Crippen molar-refractivity contribution in [1.82, 2.24) is 9.38 Å². The van der Waals surface area contributed by atoms with Crippen molar-refractivity contribution >= 4 is 22.9 Å². The highest BCUT2D eigenvalue weighted by atomic mass is 16.6. The van der Waals surface area contributed by atoms with Crippen LogP contribution in [-0.4, -0.2) is 20.2 Å². The summed E-state index contributed by atoms with van der Waals surface area (Å²) in [7, 11) is 0. The van der Waals surface area contributed by atoms with Crippen LogP contribution in [0.2, 0.25) is 0 Å². The third-order valence-electron chi connectivity index (χ3n) is 4.88. The van der Waals surface area contributed by atoms with Crippen LogP contribution in [0, 0.1) is 24.0 Å². The molecule has 0 spiro atoms. The third kappa shape index (κ3) is 3.34. The number of nitrogens with zero attached hydrogens (tertiary/aromatic N) is 3. The number of rotatable bonds is 4. The molecule has 4 aromatic rings. The number of anilines is 1. The normalized spacial score (nSPS) is 10.8. The first kappa shape index (κ1) is 18.4. The fraction of sp³-hybridized carbons (Fsp3) is 0.0909. The van der Waals surface area contributed by atoms with Crippen molar-refractivity contribution in [1.29, 1.82) is 0 Å². The van der Waals surface area contributed by atoms with Gasteiger partial charge in [-0.1, -0.05) is 30.3 Å². The molecular formula is C22H18N4O3. The van der Waals surface area contributed by atoms with Gasteiger partial charge < -0.3 is 9.72 Å². The van der Waals surface area contributed by atoms with Gasteiger partial charge in [0.05, 0.1) is 16.3 Å². The molecule has 7 heteroatoms. The molecule has 144 valence electrons. The van der Waals surface area contributed by atoms with Gasteiger partial charge in [-0.3, -0.25) is 14.9 Å². The van der Waals surface area contributed by atoms with E-state index in [0.29, 0.717) is 11.3 Å². The highest BCUT2D eigenvalue weighted by Gasteiger charge is 2.19. The highest BCUT2D eigenvalue weighted by molar-refractivity contribution is 6.07. The van der Waals surface area contributed by atoms with Crippen LogP contribution < -0.4 is 5.32 Å². The van der Waals surface area contributed by atoms with E-state index in [1.807, 2.05) is 54.0 Å². The van der Waals surface area contributed by atoms with E-state index in [1.54, 1.807) is 19.1 Å². The van der Waals surface area contributed by atoms with Crippen molar-refractivity contribution in [3.63, 3.8) is 0 Å². The lowest BCUT2D eigenvalue weighted by Gasteiger charge is -2.11. The molecule has 0 aliphatic carbocycles. The minimum absolute atomic E-state index is 0.0817. The Labute approximate surface area is 166 Å². The molecule has 0 saturated carbocycles. The van der Waals surface area contributed by atoms with Crippen LogP contribution in [0.1, 0.15) is 21.5 Å². The number of carbonyl (C=O) groups excluding carboxylic acids is 1. The molecule has 29 heavy (non-hydrogen) atoms. The molecule has 2 aromatic heterocycles. The quantitative estimate of drug-likeness (QED) is 0.404. The number of carbonyl (C=O) groups is 1. The summed E-state index contributed by atoms with van der Waals surface area (Å²) >= 11 is 0. The molecule has 0 bridgehead atoms. The van der Waals surface area contributed by atoms with E-state index in [2.05, 4.69) is 5.32 Å². The number of pyridine rings is 1. The maximum absolute atomic E-state index is 12.9. The summed E-state index contributed by atoms with van der Waals surface area (Å²) in [4.78, 5) is 28.2. The fourth-order valence-electron chi connectivity index (χ4n) is 3.36. The molecule has 2 aromatic carbocycles. The zero-order valence-electron chi connectivity index (χ0n) is 15.9. The van der Waals surface area contributed by atoms with Crippen LogP contribution >= 0.6 is 0 Å². The number of hydrogen-bond donors (Lipinski definition) is 1. The number of fused-ring (bicyclic) bond motifs is 1. The molecule has 0 aliphatic rings. The zero-order chi connectivity index (χ0) is 20.5. The van der Waals surface area contributed by atoms with Crippen molar-refractivity contribution in [2.75, 3.05) is 5.32 Å². The maximum Gasteiger partial charge on any atom is 0.273 e. The number of nitro benzene ring substituents is 1. The summed E-state index contributed by atoms with van der Waals surface area (Å²) in [6, 6.07) is 15.8. The molecule has 4 rings (SSSR count). The molecular weight excluding hydrogens is 368 g/mol. The fourth-order valence-corrected chi connectivity index (χ4v) is 3.36. The van der Waals surface area contributed by atoms with E-state index in [0.717, 1.165) is 22.5 Å². The predicted octanol–water partition coefficient (Wildman–Crippen LogP) is 4.78. The van der Waals surface area contributed by atoms with Gasteiger partial charge in [0.1, 0.15) is 5.65 Å². The SMILES string of the molecule is Cc1c(C(=O)Nc2ccccc2-c2cn3cccc(C)c3n2)cccc1[N+](=O)[O-]. The molecule has 1 N–H and O–H groups in total. The number of aromatic nitrogens is 2. The number of hydrogen-bond acceptors (Lipinski definition) is 4. The lowest BCUT2D eigenvalue weighted by Crippen LogP contribution is -2.14. The Morgan fingerprint density at radius 1 is 1.07 bits per heavy atom. The number of para-hydroxylation sites is 1. The molecule has 7 nitrogen and oxygen atoms in total. The van der Waals surface area contributed by atoms with E-state index in [1.165, 1.54) is 12.1 Å². The summed E-state index contributed by atoms with van der Waals surface area (Å²) < 4.78 is 1.94. The van der Waals surface area contributed by atoms with E-state index in [4.69, 9.17) is 4.98 Å². The Morgan fingerprint density at radius 3 is 2.62 bits per heavy atom. The number of amides is 1. The van der Waals surface area contributed by atoms with E-state index in [-0.39, 0.29) is 11.3 Å². The largest absolute Gasteiger partial charge is 0.321 e. The van der Waals surface area contributed by atoms with Gasteiger partial charge in [0.2, 0.25) is 0 Å². The van der Waals surface area contributed by atoms with Crippen molar-refractivity contribution < 1.29 is 9.72 Å². The summed E-state index contributed by atoms with van der Waals surface area (Å²) in [6.45, 7) is 3.56. The Morgan fingerprint density at radius 2 is 1.86 bits per heavy atom. The summed E-state index contributed by atoms with van der Waals surface area (Å²) in [5, 5.41) is 14.1. The average molecular weight is 386 g/mol. The Balaban J connectivity index is 1.72. The number of nitro groups is 1. The number of nitrogens with one attached hydrogen (secondary N) is 1. The van der Waals surface area contributed by atoms with E-state index >= 15 is 0 Å². The lowest BCUT2D eigenvalue weighted by molar-refractivity contribution is -0.385. The second-order valence-corrected chi connectivity index (χ2v) is 6.75. The topological polar surface area (TPSA) is 89.5 Å². The highest BCUT2D eigenvalue weighted by Crippen LogP contribution is 2.29. The summed E-state index contributed by atoms with van der Waals surface area (Å²) in [5.41, 5.74) is 4.49. The van der Waals surface area contributed by atoms with E-state index < -0.39 is 10.8 Å². The number of benzene rings is 2. The Kier molecular flexibility index (Phi) is 4.56. The molecule has 0 saturated heterocycles. The van der Waals surface area contributed by atoms with E-state index in [9.17, 15) is 14.9 Å². The van der Waals surface area contributed by atoms with Crippen molar-refractivity contribution in [3.8, 4) is 11.3 Å². The molecule has 0 fully saturated rings. The van der Waals surface area contributed by atoms with Crippen molar-refractivity contribution in [3.05, 3.63) is 93.8 Å². The number of aryl methyl sites for hydroxylation is 1. The standard InChI is InChI=1S/C22H18N4O3/c1-14-7-6-12-25-13-19(23-21(14)25)17-8-3-4-10-18(17)24-22(27)16-9-5-11-20(15(16)2)26(28)29/h3-13H,1-2H3,(H,24,27). The molecule has 0 unspecified atom stereocenters. The number of imidazole rings is 1. The smallest absolute Gasteiger partial charge is 0.273 e. The second-order valence-electron chi connectivity index (χ2n) is 6.75. The minimum Gasteiger partial charge on any atom is -0.321 e. The summed E-state index contributed by atoms with van der Waals surface area (Å²) in [5.74, 6) is -0.404. The first-order valence-corrected chi connectivity index (χ1v) is 9.05. The van der Waals surface area contributed by atoms with Crippen molar-refractivity contribution in [2.45, 2.75) is 13.8 Å². The molecule has 0 radical (unpaired) electrons. The van der Waals surface area contributed by atoms with Gasteiger partial charge in [0.15, 0.2) is 0 Å². The van der Waals surface area contributed by atoms with Crippen LogP contribution in [0.5, 0.6) is 0 Å². The third-order valence-corrected chi connectivity index (χ3v) is 4.88. The first-order valence-electron chi connectivity index (χ1n) is 9.05. The zero-order valence-corrected chi connectivity index (χ0v) is 15.9. The van der Waals surface area contributed by atoms with Gasteiger partial charge in [-0.25, -0.2) is 4.98 Å². The van der Waals surface area contributed by atoms with Gasteiger partial charge in [0.25, 0.3) is 11.6 Å². The van der Waals surface area contributed by atoms with Crippen LogP contribution in [0.4, 0.5) is 11.4 Å². The van der Waals surface area contributed by atoms with Gasteiger partial charge in [-0.05, 0) is 37.6 Å². The average Bonchev–Trinajstić information content (AvgIpc) is 3.14. The second kappa shape index (κ2) is 7.20. The van der Waals surface area contributed by atoms with Crippen LogP contribution in [0.3, 0.4) is 0 Å². The van der Waals surface area contributed by atoms with Crippen molar-refractivity contribution in [2.24, 2.45) is 0 Å². The van der Waals surface area contributed by atoms with Crippen LogP contribution in [0.25, 0.3) is 16.9 Å². The van der Waals surface area contributed by atoms with Crippen LogP contribution in [0.15, 0.2) is 67.0 Å². The van der Waals surface area contributed by atoms with Crippen LogP contribution in [-0.2, 0) is 0 Å². The van der Waals surface area contributed by atoms with Gasteiger partial charge in [-0.2, -0.15) is 0 Å². The van der Waals surface area contributed by atoms with Gasteiger partial charge >= 0.3 is 0 Å². The van der Waals surface area contributed by atoms with Gasteiger partial charge in [0, 0.05) is 35.2 Å².